The van der Waals surface area contributed by atoms with Crippen molar-refractivity contribution >= 4 is 51.7 Å². The first-order chi connectivity index (χ1) is 14.6. The average molecular weight is 437 g/mol. The normalized spacial score (nSPS) is 15.4. The molecule has 4 rings (SSSR count). The standard InChI is InChI=1S/C22H20N4O2S2/c1-2-11-23-19-16(20(27)25-12-7-6-10-18(25)24-19)13-17-21(28)26(22(29)30-17)14-15-8-4-3-5-9-15/h3-10,12-13,23H,2,11,14H2,1H3. The van der Waals surface area contributed by atoms with E-state index >= 15 is 0 Å². The number of fused-ring (bicyclic) bond motifs is 1. The first-order valence-electron chi connectivity index (χ1n) is 9.63. The number of benzene rings is 1. The van der Waals surface area contributed by atoms with Crippen LogP contribution in [0.1, 0.15) is 24.5 Å². The largest absolute Gasteiger partial charge is 0.369 e. The summed E-state index contributed by atoms with van der Waals surface area (Å²) in [7, 11) is 0. The summed E-state index contributed by atoms with van der Waals surface area (Å²) in [5.74, 6) is 0.272. The number of nitrogens with zero attached hydrogens (tertiary/aromatic N) is 3. The second-order valence-corrected chi connectivity index (χ2v) is 8.46. The molecule has 1 fully saturated rings. The van der Waals surface area contributed by atoms with E-state index in [0.29, 0.717) is 39.3 Å². The topological polar surface area (TPSA) is 66.7 Å². The maximum atomic E-state index is 13.1. The minimum absolute atomic E-state index is 0.201. The van der Waals surface area contributed by atoms with Gasteiger partial charge in [0, 0.05) is 12.7 Å². The zero-order chi connectivity index (χ0) is 21.1. The molecule has 1 aliphatic heterocycles. The van der Waals surface area contributed by atoms with Gasteiger partial charge in [-0.3, -0.25) is 18.9 Å². The van der Waals surface area contributed by atoms with Gasteiger partial charge < -0.3 is 5.32 Å². The van der Waals surface area contributed by atoms with Crippen molar-refractivity contribution in [3.63, 3.8) is 0 Å². The smallest absolute Gasteiger partial charge is 0.267 e. The fraction of sp³-hybridized carbons (Fsp3) is 0.182. The highest BCUT2D eigenvalue weighted by Crippen LogP contribution is 2.34. The second-order valence-electron chi connectivity index (χ2n) is 6.79. The molecule has 1 amide bonds. The van der Waals surface area contributed by atoms with Crippen LogP contribution < -0.4 is 10.9 Å². The lowest BCUT2D eigenvalue weighted by atomic mass is 10.2. The van der Waals surface area contributed by atoms with Gasteiger partial charge in [0.2, 0.25) is 0 Å². The van der Waals surface area contributed by atoms with E-state index in [1.807, 2.05) is 43.3 Å². The van der Waals surface area contributed by atoms with Gasteiger partial charge in [-0.05, 0) is 30.2 Å². The molecule has 1 aromatic carbocycles. The Morgan fingerprint density at radius 1 is 1.13 bits per heavy atom. The zero-order valence-electron chi connectivity index (χ0n) is 16.4. The van der Waals surface area contributed by atoms with Gasteiger partial charge >= 0.3 is 0 Å². The van der Waals surface area contributed by atoms with Crippen molar-refractivity contribution in [1.29, 1.82) is 0 Å². The summed E-state index contributed by atoms with van der Waals surface area (Å²) in [6.45, 7) is 3.11. The van der Waals surface area contributed by atoms with E-state index in [1.165, 1.54) is 16.2 Å². The highest BCUT2D eigenvalue weighted by molar-refractivity contribution is 8.26. The maximum absolute atomic E-state index is 13.1. The summed E-state index contributed by atoms with van der Waals surface area (Å²) in [5, 5.41) is 3.21. The zero-order valence-corrected chi connectivity index (χ0v) is 18.0. The number of thioether (sulfide) groups is 1. The number of pyridine rings is 1. The summed E-state index contributed by atoms with van der Waals surface area (Å²) in [4.78, 5) is 32.7. The SMILES string of the molecule is CCCNc1nc2ccccn2c(=O)c1C=C1SC(=S)N(Cc2ccccc2)C1=O. The lowest BCUT2D eigenvalue weighted by Crippen LogP contribution is -2.27. The number of carbonyl (C=O) groups is 1. The van der Waals surface area contributed by atoms with E-state index in [4.69, 9.17) is 12.2 Å². The van der Waals surface area contributed by atoms with Crippen molar-refractivity contribution in [2.45, 2.75) is 19.9 Å². The quantitative estimate of drug-likeness (QED) is 0.467. The first-order valence-corrected chi connectivity index (χ1v) is 10.9. The molecule has 0 saturated carbocycles. The van der Waals surface area contributed by atoms with Gasteiger partial charge in [0.1, 0.15) is 15.8 Å². The number of thiocarbonyl (C=S) groups is 1. The van der Waals surface area contributed by atoms with Gasteiger partial charge in [0.25, 0.3) is 11.5 Å². The number of aromatic nitrogens is 2. The molecule has 30 heavy (non-hydrogen) atoms. The fourth-order valence-electron chi connectivity index (χ4n) is 3.14. The number of carbonyl (C=O) groups excluding carboxylic acids is 1. The van der Waals surface area contributed by atoms with Crippen molar-refractivity contribution < 1.29 is 4.79 Å². The number of amides is 1. The molecule has 0 atom stereocenters. The summed E-state index contributed by atoms with van der Waals surface area (Å²) >= 11 is 6.64. The van der Waals surface area contributed by atoms with E-state index in [1.54, 1.807) is 29.3 Å². The molecule has 8 heteroatoms. The molecule has 6 nitrogen and oxygen atoms in total. The molecule has 3 heterocycles. The molecule has 0 spiro atoms. The van der Waals surface area contributed by atoms with Crippen LogP contribution in [-0.2, 0) is 11.3 Å². The molecule has 152 valence electrons. The Bertz CT molecular complexity index is 1200. The average Bonchev–Trinajstić information content (AvgIpc) is 3.02. The Hall–Kier alpha value is -2.97. The molecule has 1 N–H and O–H groups in total. The maximum Gasteiger partial charge on any atom is 0.267 e. The van der Waals surface area contributed by atoms with Crippen LogP contribution in [0.4, 0.5) is 5.82 Å². The van der Waals surface area contributed by atoms with Crippen LogP contribution in [0.3, 0.4) is 0 Å². The van der Waals surface area contributed by atoms with Gasteiger partial charge in [-0.1, -0.05) is 67.3 Å². The van der Waals surface area contributed by atoms with Crippen LogP contribution in [-0.4, -0.2) is 31.1 Å². The molecule has 0 bridgehead atoms. The molecule has 0 radical (unpaired) electrons. The molecule has 1 saturated heterocycles. The summed E-state index contributed by atoms with van der Waals surface area (Å²) in [6.07, 6.45) is 4.16. The van der Waals surface area contributed by atoms with Gasteiger partial charge in [-0.2, -0.15) is 0 Å². The third kappa shape index (κ3) is 4.01. The van der Waals surface area contributed by atoms with Gasteiger partial charge in [-0.15, -0.1) is 0 Å². The number of hydrogen-bond donors (Lipinski definition) is 1. The highest BCUT2D eigenvalue weighted by Gasteiger charge is 2.32. The number of anilines is 1. The van der Waals surface area contributed by atoms with Crippen molar-refractivity contribution in [2.24, 2.45) is 0 Å². The fourth-order valence-corrected chi connectivity index (χ4v) is 4.38. The highest BCUT2D eigenvalue weighted by atomic mass is 32.2. The summed E-state index contributed by atoms with van der Waals surface area (Å²) < 4.78 is 1.96. The second kappa shape index (κ2) is 8.81. The van der Waals surface area contributed by atoms with Crippen molar-refractivity contribution in [2.75, 3.05) is 11.9 Å². The Kier molecular flexibility index (Phi) is 5.96. The van der Waals surface area contributed by atoms with Crippen LogP contribution in [0.15, 0.2) is 64.4 Å². The summed E-state index contributed by atoms with van der Waals surface area (Å²) in [5.41, 5.74) is 1.67. The van der Waals surface area contributed by atoms with Crippen molar-refractivity contribution in [1.82, 2.24) is 14.3 Å². The molecule has 3 aromatic rings. The molecule has 1 aliphatic rings. The van der Waals surface area contributed by atoms with E-state index in [-0.39, 0.29) is 11.5 Å². The first kappa shape index (κ1) is 20.3. The molecule has 2 aromatic heterocycles. The third-order valence-corrected chi connectivity index (χ3v) is 6.02. The minimum Gasteiger partial charge on any atom is -0.369 e. The lowest BCUT2D eigenvalue weighted by molar-refractivity contribution is -0.122. The van der Waals surface area contributed by atoms with Gasteiger partial charge in [0.15, 0.2) is 0 Å². The van der Waals surface area contributed by atoms with Crippen LogP contribution in [0.5, 0.6) is 0 Å². The van der Waals surface area contributed by atoms with Crippen LogP contribution in [0.2, 0.25) is 0 Å². The molecule has 0 unspecified atom stereocenters. The van der Waals surface area contributed by atoms with Gasteiger partial charge in [0.05, 0.1) is 17.0 Å². The summed E-state index contributed by atoms with van der Waals surface area (Å²) in [6, 6.07) is 15.1. The molecular formula is C22H20N4O2S2. The molecule has 0 aliphatic carbocycles. The Morgan fingerprint density at radius 3 is 2.67 bits per heavy atom. The minimum atomic E-state index is -0.229. The van der Waals surface area contributed by atoms with E-state index in [2.05, 4.69) is 10.3 Å². The lowest BCUT2D eigenvalue weighted by Gasteiger charge is -2.14. The van der Waals surface area contributed by atoms with Crippen LogP contribution >= 0.6 is 24.0 Å². The Labute approximate surface area is 183 Å². The number of hydrogen-bond acceptors (Lipinski definition) is 6. The van der Waals surface area contributed by atoms with Gasteiger partial charge in [-0.25, -0.2) is 4.98 Å². The van der Waals surface area contributed by atoms with Crippen LogP contribution in [0, 0.1) is 0 Å². The van der Waals surface area contributed by atoms with Crippen molar-refractivity contribution in [3.05, 3.63) is 81.1 Å². The number of nitrogens with one attached hydrogen (secondary N) is 1. The van der Waals surface area contributed by atoms with Crippen molar-refractivity contribution in [3.8, 4) is 0 Å². The Morgan fingerprint density at radius 2 is 1.90 bits per heavy atom. The predicted octanol–water partition coefficient (Wildman–Crippen LogP) is 3.92. The van der Waals surface area contributed by atoms with E-state index in [9.17, 15) is 9.59 Å². The number of rotatable bonds is 6. The van der Waals surface area contributed by atoms with Crippen LogP contribution in [0.25, 0.3) is 11.7 Å². The van der Waals surface area contributed by atoms with E-state index < -0.39 is 0 Å². The van der Waals surface area contributed by atoms with E-state index in [0.717, 1.165) is 12.0 Å². The molecular weight excluding hydrogens is 416 g/mol. The third-order valence-electron chi connectivity index (χ3n) is 4.64. The predicted molar refractivity (Wildman–Crippen MR) is 125 cm³/mol. The monoisotopic (exact) mass is 436 g/mol. The Balaban J connectivity index is 1.73.